The van der Waals surface area contributed by atoms with Crippen LogP contribution in [-0.2, 0) is 0 Å². The maximum Gasteiger partial charge on any atom is -0.0230 e. The van der Waals surface area contributed by atoms with Gasteiger partial charge in [0.2, 0.25) is 0 Å². The van der Waals surface area contributed by atoms with Gasteiger partial charge in [-0.05, 0) is 42.4 Å². The highest BCUT2D eigenvalue weighted by atomic mass is 14.1. The normalized spacial score (nSPS) is 12.2. The van der Waals surface area contributed by atoms with Crippen LogP contribution in [0.4, 0.5) is 0 Å². The first kappa shape index (κ1) is 16.8. The molecule has 0 aliphatic heterocycles. The largest absolute Gasteiger partial charge is 0.0955 e. The van der Waals surface area contributed by atoms with Gasteiger partial charge in [0, 0.05) is 0 Å². The topological polar surface area (TPSA) is 0 Å². The Balaban J connectivity index is 2.51. The maximum absolute atomic E-state index is 4.26. The standard InChI is InChI=1S/C20H30/c1-6-8-9-18(7-2)11-10-17(5)20-14-12-19(13-15-20)16(3)4/h12-15,18H,3,5-11H2,1-2,4H3. The summed E-state index contributed by atoms with van der Waals surface area (Å²) in [7, 11) is 0. The molecule has 0 amide bonds. The molecule has 0 bridgehead atoms. The average Bonchev–Trinajstić information content (AvgIpc) is 2.47. The Labute approximate surface area is 125 Å². The lowest BCUT2D eigenvalue weighted by Crippen LogP contribution is -1.99. The predicted molar refractivity (Wildman–Crippen MR) is 92.7 cm³/mol. The van der Waals surface area contributed by atoms with E-state index in [2.05, 4.69) is 51.3 Å². The maximum atomic E-state index is 4.26. The monoisotopic (exact) mass is 270 g/mol. The summed E-state index contributed by atoms with van der Waals surface area (Å²) in [5, 5.41) is 0. The van der Waals surface area contributed by atoms with E-state index in [1.807, 2.05) is 6.92 Å². The summed E-state index contributed by atoms with van der Waals surface area (Å²) in [5.74, 6) is 0.862. The summed E-state index contributed by atoms with van der Waals surface area (Å²) < 4.78 is 0. The van der Waals surface area contributed by atoms with Crippen molar-refractivity contribution in [3.8, 4) is 0 Å². The third-order valence-electron chi connectivity index (χ3n) is 4.18. The van der Waals surface area contributed by atoms with E-state index in [4.69, 9.17) is 0 Å². The molecule has 0 aliphatic rings. The van der Waals surface area contributed by atoms with Gasteiger partial charge in [-0.1, -0.05) is 82.5 Å². The Kier molecular flexibility index (Phi) is 7.36. The zero-order valence-corrected chi connectivity index (χ0v) is 13.5. The lowest BCUT2D eigenvalue weighted by Gasteiger charge is -2.15. The van der Waals surface area contributed by atoms with Crippen LogP contribution in [0.3, 0.4) is 0 Å². The van der Waals surface area contributed by atoms with E-state index in [-0.39, 0.29) is 0 Å². The highest BCUT2D eigenvalue weighted by molar-refractivity contribution is 5.67. The zero-order chi connectivity index (χ0) is 15.0. The molecule has 0 saturated heterocycles. The molecule has 1 atom stereocenters. The minimum absolute atomic E-state index is 0.862. The van der Waals surface area contributed by atoms with Crippen molar-refractivity contribution in [1.82, 2.24) is 0 Å². The van der Waals surface area contributed by atoms with Crippen LogP contribution in [-0.4, -0.2) is 0 Å². The molecule has 1 aromatic rings. The van der Waals surface area contributed by atoms with Gasteiger partial charge in [0.15, 0.2) is 0 Å². The van der Waals surface area contributed by atoms with Gasteiger partial charge in [-0.2, -0.15) is 0 Å². The first-order chi connectivity index (χ1) is 9.58. The summed E-state index contributed by atoms with van der Waals surface area (Å²) in [6, 6.07) is 8.66. The second-order valence-corrected chi connectivity index (χ2v) is 5.92. The van der Waals surface area contributed by atoms with E-state index >= 15 is 0 Å². The van der Waals surface area contributed by atoms with E-state index in [1.165, 1.54) is 48.8 Å². The first-order valence-electron chi connectivity index (χ1n) is 8.02. The SMILES string of the molecule is C=C(C)c1ccc(C(=C)CCC(CC)CCCC)cc1. The second kappa shape index (κ2) is 8.79. The van der Waals surface area contributed by atoms with Gasteiger partial charge in [0.1, 0.15) is 0 Å². The van der Waals surface area contributed by atoms with Crippen molar-refractivity contribution in [2.45, 2.75) is 59.3 Å². The van der Waals surface area contributed by atoms with Crippen LogP contribution in [0.5, 0.6) is 0 Å². The van der Waals surface area contributed by atoms with Crippen LogP contribution in [0.2, 0.25) is 0 Å². The van der Waals surface area contributed by atoms with Gasteiger partial charge >= 0.3 is 0 Å². The van der Waals surface area contributed by atoms with Crippen LogP contribution >= 0.6 is 0 Å². The Morgan fingerprint density at radius 3 is 2.10 bits per heavy atom. The smallest absolute Gasteiger partial charge is 0.0230 e. The Bertz CT molecular complexity index is 422. The van der Waals surface area contributed by atoms with Crippen molar-refractivity contribution in [1.29, 1.82) is 0 Å². The summed E-state index contributed by atoms with van der Waals surface area (Å²) >= 11 is 0. The summed E-state index contributed by atoms with van der Waals surface area (Å²) in [6.07, 6.45) is 7.72. The molecule has 0 N–H and O–H groups in total. The van der Waals surface area contributed by atoms with Crippen LogP contribution in [0.25, 0.3) is 11.1 Å². The van der Waals surface area contributed by atoms with Crippen LogP contribution in [0.1, 0.15) is 70.4 Å². The van der Waals surface area contributed by atoms with E-state index in [0.717, 1.165) is 17.9 Å². The van der Waals surface area contributed by atoms with Crippen molar-refractivity contribution < 1.29 is 0 Å². The predicted octanol–water partition coefficient (Wildman–Crippen LogP) is 6.73. The molecule has 0 aliphatic carbocycles. The van der Waals surface area contributed by atoms with E-state index in [9.17, 15) is 0 Å². The van der Waals surface area contributed by atoms with Crippen molar-refractivity contribution >= 4 is 11.1 Å². The molecule has 1 aromatic carbocycles. The third-order valence-corrected chi connectivity index (χ3v) is 4.18. The van der Waals surface area contributed by atoms with Crippen LogP contribution in [0.15, 0.2) is 37.4 Å². The van der Waals surface area contributed by atoms with Gasteiger partial charge in [-0.15, -0.1) is 0 Å². The van der Waals surface area contributed by atoms with Gasteiger partial charge in [-0.25, -0.2) is 0 Å². The molecule has 0 aromatic heterocycles. The van der Waals surface area contributed by atoms with Crippen molar-refractivity contribution in [3.63, 3.8) is 0 Å². The number of hydrogen-bond donors (Lipinski definition) is 0. The lowest BCUT2D eigenvalue weighted by molar-refractivity contribution is 0.427. The molecular formula is C20H30. The fourth-order valence-electron chi connectivity index (χ4n) is 2.56. The second-order valence-electron chi connectivity index (χ2n) is 5.92. The molecule has 110 valence electrons. The van der Waals surface area contributed by atoms with Gasteiger partial charge < -0.3 is 0 Å². The quantitative estimate of drug-likeness (QED) is 0.466. The summed E-state index contributed by atoms with van der Waals surface area (Å²) in [6.45, 7) is 14.9. The van der Waals surface area contributed by atoms with Gasteiger partial charge in [0.05, 0.1) is 0 Å². The fourth-order valence-corrected chi connectivity index (χ4v) is 2.56. The molecule has 1 unspecified atom stereocenters. The molecule has 0 heterocycles. The van der Waals surface area contributed by atoms with Gasteiger partial charge in [-0.3, -0.25) is 0 Å². The van der Waals surface area contributed by atoms with Crippen LogP contribution < -0.4 is 0 Å². The molecule has 0 heteroatoms. The highest BCUT2D eigenvalue weighted by Gasteiger charge is 2.07. The molecule has 0 fully saturated rings. The van der Waals surface area contributed by atoms with E-state index in [1.54, 1.807) is 0 Å². The number of hydrogen-bond acceptors (Lipinski definition) is 0. The first-order valence-corrected chi connectivity index (χ1v) is 8.02. The molecule has 20 heavy (non-hydrogen) atoms. The number of allylic oxidation sites excluding steroid dienone is 2. The summed E-state index contributed by atoms with van der Waals surface area (Å²) in [4.78, 5) is 0. The zero-order valence-electron chi connectivity index (χ0n) is 13.5. The van der Waals surface area contributed by atoms with E-state index in [0.29, 0.717) is 0 Å². The van der Waals surface area contributed by atoms with Crippen LogP contribution in [0, 0.1) is 5.92 Å². The molecule has 1 rings (SSSR count). The molecule has 0 saturated carbocycles. The summed E-state index contributed by atoms with van der Waals surface area (Å²) in [5.41, 5.74) is 4.89. The molecule has 0 spiro atoms. The van der Waals surface area contributed by atoms with Gasteiger partial charge in [0.25, 0.3) is 0 Å². The molecule has 0 radical (unpaired) electrons. The third kappa shape index (κ3) is 5.36. The highest BCUT2D eigenvalue weighted by Crippen LogP contribution is 2.25. The molecule has 0 nitrogen and oxygen atoms in total. The Morgan fingerprint density at radius 2 is 1.60 bits per heavy atom. The average molecular weight is 270 g/mol. The van der Waals surface area contributed by atoms with E-state index < -0.39 is 0 Å². The lowest BCUT2D eigenvalue weighted by atomic mass is 9.90. The van der Waals surface area contributed by atoms with Crippen molar-refractivity contribution in [2.75, 3.05) is 0 Å². The Hall–Kier alpha value is -1.30. The number of unbranched alkanes of at least 4 members (excludes halogenated alkanes) is 1. The fraction of sp³-hybridized carbons (Fsp3) is 0.500. The Morgan fingerprint density at radius 1 is 1.00 bits per heavy atom. The minimum atomic E-state index is 0.862. The van der Waals surface area contributed by atoms with Crippen molar-refractivity contribution in [2.24, 2.45) is 5.92 Å². The number of rotatable bonds is 9. The van der Waals surface area contributed by atoms with Crippen molar-refractivity contribution in [3.05, 3.63) is 48.6 Å². The minimum Gasteiger partial charge on any atom is -0.0955 e. The number of benzene rings is 1. The molecular weight excluding hydrogens is 240 g/mol.